The summed E-state index contributed by atoms with van der Waals surface area (Å²) in [6, 6.07) is 23.7. The number of ether oxygens (including phenoxy) is 1. The maximum Gasteiger partial charge on any atom is 0.301 e. The lowest BCUT2D eigenvalue weighted by Gasteiger charge is -2.22. The number of carbonyl (C=O) groups is 2. The Morgan fingerprint density at radius 3 is 2.55 bits per heavy atom. The largest absolute Gasteiger partial charge is 0.507 e. The van der Waals surface area contributed by atoms with Gasteiger partial charge in [-0.05, 0) is 41.8 Å². The Morgan fingerprint density at radius 2 is 1.79 bits per heavy atom. The van der Waals surface area contributed by atoms with Crippen LogP contribution in [0.5, 0.6) is 5.75 Å². The van der Waals surface area contributed by atoms with Crippen molar-refractivity contribution in [2.24, 2.45) is 0 Å². The van der Waals surface area contributed by atoms with Crippen LogP contribution in [-0.2, 0) is 21.8 Å². The van der Waals surface area contributed by atoms with Crippen molar-refractivity contribution in [2.75, 3.05) is 4.90 Å². The van der Waals surface area contributed by atoms with Crippen LogP contribution in [0.15, 0.2) is 88.8 Å². The molecule has 1 saturated heterocycles. The molecule has 2 aliphatic rings. The number of aliphatic hydroxyl groups excluding tert-OH is 1. The fourth-order valence-electron chi connectivity index (χ4n) is 4.78. The second-order valence-corrected chi connectivity index (χ2v) is 11.3. The Balaban J connectivity index is 1.38. The molecule has 0 saturated carbocycles. The quantitative estimate of drug-likeness (QED) is 0.109. The SMILES string of the molecule is CC1Cc2cc(/C(O)=C3\C(=O)C(=O)N(c4nnc(SCc5ccccc5)s4)C3c3ccccc3)ccc2O1. The van der Waals surface area contributed by atoms with Crippen LogP contribution in [-0.4, -0.2) is 33.1 Å². The Labute approximate surface area is 227 Å². The summed E-state index contributed by atoms with van der Waals surface area (Å²) in [6.45, 7) is 1.98. The second kappa shape index (κ2) is 10.1. The van der Waals surface area contributed by atoms with Crippen LogP contribution in [0, 0.1) is 0 Å². The number of amides is 1. The molecule has 4 aromatic rings. The first-order valence-electron chi connectivity index (χ1n) is 12.2. The smallest absolute Gasteiger partial charge is 0.301 e. The highest BCUT2D eigenvalue weighted by Crippen LogP contribution is 2.44. The third kappa shape index (κ3) is 4.48. The van der Waals surface area contributed by atoms with Crippen molar-refractivity contribution in [1.29, 1.82) is 0 Å². The molecule has 9 heteroatoms. The Hall–Kier alpha value is -3.95. The van der Waals surface area contributed by atoms with Gasteiger partial charge < -0.3 is 9.84 Å². The van der Waals surface area contributed by atoms with Gasteiger partial charge in [-0.3, -0.25) is 14.5 Å². The molecule has 2 aliphatic heterocycles. The maximum absolute atomic E-state index is 13.4. The lowest BCUT2D eigenvalue weighted by molar-refractivity contribution is -0.132. The van der Waals surface area contributed by atoms with Gasteiger partial charge in [0.05, 0.1) is 11.6 Å². The van der Waals surface area contributed by atoms with E-state index in [2.05, 4.69) is 10.2 Å². The Morgan fingerprint density at radius 1 is 1.05 bits per heavy atom. The standard InChI is InChI=1S/C29H23N3O4S2/c1-17-14-21-15-20(12-13-22(21)36-17)25(33)23-24(19-10-6-3-7-11-19)32(27(35)26(23)34)28-30-31-29(38-28)37-16-18-8-4-2-5-9-18/h2-13,15,17,24,33H,14,16H2,1H3/b25-23+. The van der Waals surface area contributed by atoms with E-state index >= 15 is 0 Å². The fraction of sp³-hybridized carbons (Fsp3) is 0.172. The van der Waals surface area contributed by atoms with Crippen LogP contribution in [0.1, 0.15) is 35.2 Å². The molecule has 1 amide bonds. The van der Waals surface area contributed by atoms with E-state index in [4.69, 9.17) is 4.74 Å². The molecule has 7 nitrogen and oxygen atoms in total. The van der Waals surface area contributed by atoms with Gasteiger partial charge in [0.1, 0.15) is 17.6 Å². The van der Waals surface area contributed by atoms with Crippen molar-refractivity contribution in [3.63, 3.8) is 0 Å². The molecule has 190 valence electrons. The number of fused-ring (bicyclic) bond motifs is 1. The predicted molar refractivity (Wildman–Crippen MR) is 147 cm³/mol. The van der Waals surface area contributed by atoms with E-state index in [9.17, 15) is 14.7 Å². The van der Waals surface area contributed by atoms with Crippen molar-refractivity contribution in [1.82, 2.24) is 10.2 Å². The molecular weight excluding hydrogens is 518 g/mol. The monoisotopic (exact) mass is 541 g/mol. The molecule has 1 aromatic heterocycles. The van der Waals surface area contributed by atoms with E-state index in [1.165, 1.54) is 28.0 Å². The number of anilines is 1. The molecule has 38 heavy (non-hydrogen) atoms. The van der Waals surface area contributed by atoms with Crippen LogP contribution < -0.4 is 9.64 Å². The molecule has 2 atom stereocenters. The summed E-state index contributed by atoms with van der Waals surface area (Å²) in [6.07, 6.45) is 0.754. The van der Waals surface area contributed by atoms with E-state index in [1.807, 2.05) is 73.7 Å². The van der Waals surface area contributed by atoms with Gasteiger partial charge in [-0.15, -0.1) is 10.2 Å². The molecule has 0 aliphatic carbocycles. The molecular formula is C29H23N3O4S2. The zero-order chi connectivity index (χ0) is 26.2. The summed E-state index contributed by atoms with van der Waals surface area (Å²) < 4.78 is 6.46. The van der Waals surface area contributed by atoms with Crippen LogP contribution in [0.2, 0.25) is 0 Å². The van der Waals surface area contributed by atoms with Crippen molar-refractivity contribution in [2.45, 2.75) is 35.6 Å². The summed E-state index contributed by atoms with van der Waals surface area (Å²) in [4.78, 5) is 28.2. The number of rotatable bonds is 6. The highest BCUT2D eigenvalue weighted by Gasteiger charge is 2.48. The average molecular weight is 542 g/mol. The van der Waals surface area contributed by atoms with Gasteiger partial charge in [-0.1, -0.05) is 83.8 Å². The van der Waals surface area contributed by atoms with Crippen molar-refractivity contribution in [3.05, 3.63) is 107 Å². The molecule has 0 spiro atoms. The molecule has 0 radical (unpaired) electrons. The van der Waals surface area contributed by atoms with E-state index < -0.39 is 17.7 Å². The van der Waals surface area contributed by atoms with Gasteiger partial charge in [-0.2, -0.15) is 0 Å². The number of ketones is 1. The third-order valence-corrected chi connectivity index (χ3v) is 8.66. The number of carbonyl (C=O) groups excluding carboxylic acids is 2. The van der Waals surface area contributed by atoms with Crippen LogP contribution in [0.3, 0.4) is 0 Å². The first-order valence-corrected chi connectivity index (χ1v) is 14.0. The number of benzene rings is 3. The second-order valence-electron chi connectivity index (χ2n) is 9.16. The van der Waals surface area contributed by atoms with Crippen molar-refractivity contribution in [3.8, 4) is 5.75 Å². The Bertz CT molecular complexity index is 1550. The highest BCUT2D eigenvalue weighted by atomic mass is 32.2. The lowest BCUT2D eigenvalue weighted by atomic mass is 9.94. The topological polar surface area (TPSA) is 92.6 Å². The van der Waals surface area contributed by atoms with E-state index in [0.717, 1.165) is 16.9 Å². The van der Waals surface area contributed by atoms with Gasteiger partial charge in [0.2, 0.25) is 5.13 Å². The minimum absolute atomic E-state index is 0.0294. The number of aliphatic hydroxyl groups is 1. The number of aromatic nitrogens is 2. The van der Waals surface area contributed by atoms with E-state index in [0.29, 0.717) is 32.8 Å². The lowest BCUT2D eigenvalue weighted by Crippen LogP contribution is -2.29. The van der Waals surface area contributed by atoms with Crippen LogP contribution in [0.4, 0.5) is 5.13 Å². The summed E-state index contributed by atoms with van der Waals surface area (Å²) in [5, 5.41) is 20.3. The first-order chi connectivity index (χ1) is 18.5. The molecule has 3 heterocycles. The summed E-state index contributed by atoms with van der Waals surface area (Å²) >= 11 is 2.77. The van der Waals surface area contributed by atoms with E-state index in [-0.39, 0.29) is 17.4 Å². The van der Waals surface area contributed by atoms with Gasteiger partial charge in [-0.25, -0.2) is 0 Å². The minimum Gasteiger partial charge on any atom is -0.507 e. The van der Waals surface area contributed by atoms with Gasteiger partial charge in [0.15, 0.2) is 4.34 Å². The minimum atomic E-state index is -0.834. The molecule has 6 rings (SSSR count). The van der Waals surface area contributed by atoms with Crippen molar-refractivity contribution < 1.29 is 19.4 Å². The van der Waals surface area contributed by atoms with Crippen LogP contribution in [0.25, 0.3) is 5.76 Å². The third-order valence-electron chi connectivity index (χ3n) is 6.54. The molecule has 1 N–H and O–H groups in total. The molecule has 3 aromatic carbocycles. The van der Waals surface area contributed by atoms with Gasteiger partial charge in [0.25, 0.3) is 5.78 Å². The number of thioether (sulfide) groups is 1. The average Bonchev–Trinajstić information content (AvgIpc) is 3.63. The summed E-state index contributed by atoms with van der Waals surface area (Å²) in [5.41, 5.74) is 3.29. The summed E-state index contributed by atoms with van der Waals surface area (Å²) in [7, 11) is 0. The molecule has 2 unspecified atom stereocenters. The van der Waals surface area contributed by atoms with Crippen LogP contribution >= 0.6 is 23.1 Å². The Kier molecular flexibility index (Phi) is 6.47. The number of Topliss-reactive ketones (excluding diaryl/α,β-unsaturated/α-hetero) is 1. The number of nitrogens with zero attached hydrogens (tertiary/aromatic N) is 3. The number of hydrogen-bond donors (Lipinski definition) is 1. The zero-order valence-corrected chi connectivity index (χ0v) is 22.0. The zero-order valence-electron chi connectivity index (χ0n) is 20.4. The number of hydrogen-bond acceptors (Lipinski definition) is 8. The van der Waals surface area contributed by atoms with Gasteiger partial charge >= 0.3 is 5.91 Å². The van der Waals surface area contributed by atoms with E-state index in [1.54, 1.807) is 12.1 Å². The normalized spacial score (nSPS) is 20.0. The fourth-order valence-corrected chi connectivity index (χ4v) is 6.61. The maximum atomic E-state index is 13.4. The van der Waals surface area contributed by atoms with Gasteiger partial charge in [0, 0.05) is 17.7 Å². The summed E-state index contributed by atoms with van der Waals surface area (Å²) in [5.74, 6) is -0.241. The highest BCUT2D eigenvalue weighted by molar-refractivity contribution is 8.00. The predicted octanol–water partition coefficient (Wildman–Crippen LogP) is 5.78. The molecule has 0 bridgehead atoms. The molecule has 1 fully saturated rings. The first kappa shape index (κ1) is 24.4. The van der Waals surface area contributed by atoms with Crippen molar-refractivity contribution >= 4 is 45.7 Å².